The van der Waals surface area contributed by atoms with E-state index in [0.29, 0.717) is 10.1 Å². The van der Waals surface area contributed by atoms with E-state index in [-0.39, 0.29) is 29.7 Å². The average molecular weight is 516 g/mol. The predicted octanol–water partition coefficient (Wildman–Crippen LogP) is 4.95. The van der Waals surface area contributed by atoms with Gasteiger partial charge in [-0.2, -0.15) is 9.40 Å². The van der Waals surface area contributed by atoms with Crippen LogP contribution in [-0.2, 0) is 27.9 Å². The Hall–Kier alpha value is -2.98. The van der Waals surface area contributed by atoms with Crippen LogP contribution in [0.25, 0.3) is 5.69 Å². The normalized spacial score (nSPS) is 11.6. The summed E-state index contributed by atoms with van der Waals surface area (Å²) in [5.74, 6) is 0.413. The van der Waals surface area contributed by atoms with Crippen molar-refractivity contribution in [2.45, 2.75) is 24.2 Å². The molecule has 2 aromatic heterocycles. The molecule has 34 heavy (non-hydrogen) atoms. The van der Waals surface area contributed by atoms with E-state index in [1.807, 2.05) is 42.6 Å². The number of carbonyl (C=O) groups is 1. The van der Waals surface area contributed by atoms with Crippen molar-refractivity contribution >= 4 is 38.7 Å². The molecule has 0 unspecified atom stereocenters. The Morgan fingerprint density at radius 2 is 1.82 bits per heavy atom. The Balaban J connectivity index is 1.61. The van der Waals surface area contributed by atoms with Gasteiger partial charge in [-0.1, -0.05) is 35.9 Å². The van der Waals surface area contributed by atoms with Gasteiger partial charge in [0, 0.05) is 25.5 Å². The number of nitrogens with zero attached hydrogens (tertiary/aromatic N) is 3. The van der Waals surface area contributed by atoms with Gasteiger partial charge in [0.25, 0.3) is 10.0 Å². The number of ketones is 1. The first-order valence-electron chi connectivity index (χ1n) is 10.4. The highest BCUT2D eigenvalue weighted by atomic mass is 35.5. The lowest BCUT2D eigenvalue weighted by Gasteiger charge is -2.22. The van der Waals surface area contributed by atoms with E-state index < -0.39 is 10.0 Å². The summed E-state index contributed by atoms with van der Waals surface area (Å²) in [5.41, 5.74) is 2.44. The molecule has 2 heterocycles. The van der Waals surface area contributed by atoms with Gasteiger partial charge >= 0.3 is 0 Å². The van der Waals surface area contributed by atoms with Crippen molar-refractivity contribution in [3.8, 4) is 11.4 Å². The van der Waals surface area contributed by atoms with Crippen molar-refractivity contribution in [2.75, 3.05) is 6.61 Å². The van der Waals surface area contributed by atoms with E-state index in [2.05, 4.69) is 5.10 Å². The van der Waals surface area contributed by atoms with Crippen molar-refractivity contribution in [1.82, 2.24) is 14.1 Å². The molecule has 0 aliphatic heterocycles. The third-order valence-corrected chi connectivity index (χ3v) is 8.40. The number of hydrogen-bond acceptors (Lipinski definition) is 6. The number of rotatable bonds is 10. The summed E-state index contributed by atoms with van der Waals surface area (Å²) in [4.78, 5) is 11.2. The largest absolute Gasteiger partial charge is 0.486 e. The minimum absolute atomic E-state index is 0.0399. The van der Waals surface area contributed by atoms with Gasteiger partial charge in [-0.25, -0.2) is 13.1 Å². The van der Waals surface area contributed by atoms with Crippen LogP contribution in [0.15, 0.2) is 83.3 Å². The lowest BCUT2D eigenvalue weighted by molar-refractivity contribution is -0.118. The zero-order valence-corrected chi connectivity index (χ0v) is 20.7. The first kappa shape index (κ1) is 24.2. The van der Waals surface area contributed by atoms with Crippen LogP contribution in [0.1, 0.15) is 18.1 Å². The minimum Gasteiger partial charge on any atom is -0.486 e. The molecule has 0 amide bonds. The molecule has 0 N–H and O–H groups in total. The third-order valence-electron chi connectivity index (χ3n) is 4.91. The third kappa shape index (κ3) is 5.92. The van der Waals surface area contributed by atoms with Gasteiger partial charge in [0.2, 0.25) is 0 Å². The maximum atomic E-state index is 13.5. The Morgan fingerprint density at radius 1 is 1.06 bits per heavy atom. The van der Waals surface area contributed by atoms with Crippen molar-refractivity contribution in [3.63, 3.8) is 0 Å². The maximum absolute atomic E-state index is 13.5. The SMILES string of the molecule is CC(=O)COc1cccc(CN(Cc2ccc(-n3cccn3)cc2)S(=O)(=O)c2ccc(Cl)s2)c1. The number of benzene rings is 2. The Bertz CT molecular complexity index is 1370. The number of halogens is 1. The number of aromatic nitrogens is 2. The van der Waals surface area contributed by atoms with Crippen LogP contribution >= 0.6 is 22.9 Å². The number of carbonyl (C=O) groups excluding carboxylic acids is 1. The van der Waals surface area contributed by atoms with Gasteiger partial charge in [0.1, 0.15) is 16.6 Å². The molecule has 7 nitrogen and oxygen atoms in total. The molecule has 0 fully saturated rings. The molecule has 176 valence electrons. The van der Waals surface area contributed by atoms with E-state index >= 15 is 0 Å². The molecule has 0 spiro atoms. The first-order chi connectivity index (χ1) is 16.3. The fourth-order valence-corrected chi connectivity index (χ4v) is 6.34. The highest BCUT2D eigenvalue weighted by Gasteiger charge is 2.27. The van der Waals surface area contributed by atoms with Crippen LogP contribution < -0.4 is 4.74 Å². The Labute approximate surface area is 207 Å². The fraction of sp³-hybridized carbons (Fsp3) is 0.167. The highest BCUT2D eigenvalue weighted by Crippen LogP contribution is 2.30. The highest BCUT2D eigenvalue weighted by molar-refractivity contribution is 7.91. The zero-order valence-electron chi connectivity index (χ0n) is 18.3. The van der Waals surface area contributed by atoms with Crippen LogP contribution in [0.3, 0.4) is 0 Å². The molecule has 10 heteroatoms. The lowest BCUT2D eigenvalue weighted by atomic mass is 10.2. The van der Waals surface area contributed by atoms with Gasteiger partial charge < -0.3 is 4.74 Å². The van der Waals surface area contributed by atoms with E-state index in [9.17, 15) is 13.2 Å². The number of sulfonamides is 1. The van der Waals surface area contributed by atoms with Crippen molar-refractivity contribution in [2.24, 2.45) is 0 Å². The van der Waals surface area contributed by atoms with Gasteiger partial charge in [0.05, 0.1) is 10.0 Å². The summed E-state index contributed by atoms with van der Waals surface area (Å²) < 4.78 is 36.2. The molecule has 0 saturated heterocycles. The number of ether oxygens (including phenoxy) is 1. The molecule has 2 aromatic carbocycles. The van der Waals surface area contributed by atoms with Crippen LogP contribution in [-0.4, -0.2) is 34.9 Å². The second-order valence-corrected chi connectivity index (χ2v) is 11.5. The summed E-state index contributed by atoms with van der Waals surface area (Å²) in [6.07, 6.45) is 3.54. The monoisotopic (exact) mass is 515 g/mol. The Morgan fingerprint density at radius 3 is 2.47 bits per heavy atom. The second kappa shape index (κ2) is 10.5. The molecule has 0 radical (unpaired) electrons. The van der Waals surface area contributed by atoms with Gasteiger partial charge in [-0.15, -0.1) is 11.3 Å². The van der Waals surface area contributed by atoms with Crippen LogP contribution in [0.5, 0.6) is 5.75 Å². The molecule has 0 bridgehead atoms. The van der Waals surface area contributed by atoms with Crippen molar-refractivity contribution < 1.29 is 17.9 Å². The zero-order chi connectivity index (χ0) is 24.1. The molecular weight excluding hydrogens is 494 g/mol. The predicted molar refractivity (Wildman–Crippen MR) is 132 cm³/mol. The molecule has 0 aliphatic rings. The maximum Gasteiger partial charge on any atom is 0.253 e. The van der Waals surface area contributed by atoms with Gasteiger partial charge in [0.15, 0.2) is 5.78 Å². The van der Waals surface area contributed by atoms with Crippen LogP contribution in [0.2, 0.25) is 4.34 Å². The van der Waals surface area contributed by atoms with Crippen molar-refractivity contribution in [1.29, 1.82) is 0 Å². The standard InChI is InChI=1S/C24H22ClN3O4S2/c1-18(29)17-32-22-5-2-4-20(14-22)16-27(34(30,31)24-11-10-23(25)33-24)15-19-6-8-21(9-7-19)28-13-3-12-26-28/h2-14H,15-17H2,1H3. The number of thiophene rings is 1. The first-order valence-corrected chi connectivity index (χ1v) is 13.0. The van der Waals surface area contributed by atoms with Crippen LogP contribution in [0, 0.1) is 0 Å². The van der Waals surface area contributed by atoms with Gasteiger partial charge in [-0.3, -0.25) is 4.79 Å². The molecular formula is C24H22ClN3O4S2. The summed E-state index contributed by atoms with van der Waals surface area (Å²) >= 11 is 7.04. The molecule has 0 atom stereocenters. The summed E-state index contributed by atoms with van der Waals surface area (Å²) in [7, 11) is -3.81. The average Bonchev–Trinajstić information content (AvgIpc) is 3.50. The minimum atomic E-state index is -3.81. The molecule has 0 saturated carbocycles. The van der Waals surface area contributed by atoms with E-state index in [0.717, 1.165) is 28.2 Å². The summed E-state index contributed by atoms with van der Waals surface area (Å²) in [6, 6.07) is 19.6. The topological polar surface area (TPSA) is 81.5 Å². The molecule has 4 rings (SSSR count). The number of hydrogen-bond donors (Lipinski definition) is 0. The van der Waals surface area contributed by atoms with Crippen molar-refractivity contribution in [3.05, 3.63) is 94.6 Å². The van der Waals surface area contributed by atoms with E-state index in [1.165, 1.54) is 17.3 Å². The molecule has 0 aliphatic carbocycles. The van der Waals surface area contributed by atoms with E-state index in [1.54, 1.807) is 35.1 Å². The fourth-order valence-electron chi connectivity index (χ4n) is 3.29. The smallest absolute Gasteiger partial charge is 0.253 e. The quantitative estimate of drug-likeness (QED) is 0.298. The van der Waals surface area contributed by atoms with Crippen LogP contribution in [0.4, 0.5) is 0 Å². The summed E-state index contributed by atoms with van der Waals surface area (Å²) in [6.45, 7) is 1.69. The summed E-state index contributed by atoms with van der Waals surface area (Å²) in [5, 5.41) is 4.21. The molecule has 4 aromatic rings. The lowest BCUT2D eigenvalue weighted by Crippen LogP contribution is -2.29. The second-order valence-electron chi connectivity index (χ2n) is 7.59. The number of Topliss-reactive ketones (excluding diaryl/α,β-unsaturated/α-hetero) is 1. The van der Waals surface area contributed by atoms with E-state index in [4.69, 9.17) is 16.3 Å². The Kier molecular flexibility index (Phi) is 7.47. The van der Waals surface area contributed by atoms with Gasteiger partial charge in [-0.05, 0) is 60.5 Å².